The SMILES string of the molecule is C=CCS(=O)(=O)c1ccc(C)c(NCC(=O)NCC(=O)Nc2cccc(C)c2C)c1. The van der Waals surface area contributed by atoms with E-state index in [1.807, 2.05) is 32.9 Å². The molecule has 0 atom stereocenters. The first-order valence-electron chi connectivity index (χ1n) is 9.45. The van der Waals surface area contributed by atoms with Gasteiger partial charge in [0.1, 0.15) is 0 Å². The van der Waals surface area contributed by atoms with Gasteiger partial charge < -0.3 is 16.0 Å². The number of sulfone groups is 1. The molecule has 0 aliphatic carbocycles. The molecule has 0 fully saturated rings. The molecule has 7 nitrogen and oxygen atoms in total. The lowest BCUT2D eigenvalue weighted by Crippen LogP contribution is -2.36. The monoisotopic (exact) mass is 429 g/mol. The summed E-state index contributed by atoms with van der Waals surface area (Å²) in [6.07, 6.45) is 1.33. The van der Waals surface area contributed by atoms with Crippen LogP contribution in [0.4, 0.5) is 11.4 Å². The Labute approximate surface area is 177 Å². The summed E-state index contributed by atoms with van der Waals surface area (Å²) >= 11 is 0. The standard InChI is InChI=1S/C22H27N3O4S/c1-5-11-30(28,29)18-10-9-16(3)20(12-18)23-13-21(26)24-14-22(27)25-19-8-6-7-15(2)17(19)4/h5-10,12,23H,1,11,13-14H2,2-4H3,(H,24,26)(H,25,27). The van der Waals surface area contributed by atoms with Crippen LogP contribution in [0.1, 0.15) is 16.7 Å². The zero-order valence-electron chi connectivity index (χ0n) is 17.4. The number of hydrogen-bond acceptors (Lipinski definition) is 5. The number of aryl methyl sites for hydroxylation is 2. The van der Waals surface area contributed by atoms with Gasteiger partial charge in [0, 0.05) is 11.4 Å². The van der Waals surface area contributed by atoms with Gasteiger partial charge in [-0.05, 0) is 55.7 Å². The van der Waals surface area contributed by atoms with Gasteiger partial charge in [0.25, 0.3) is 0 Å². The van der Waals surface area contributed by atoms with Gasteiger partial charge in [0.2, 0.25) is 11.8 Å². The lowest BCUT2D eigenvalue weighted by molar-refractivity contribution is -0.122. The number of nitrogens with one attached hydrogen (secondary N) is 3. The van der Waals surface area contributed by atoms with E-state index in [-0.39, 0.29) is 35.6 Å². The molecule has 2 amide bonds. The number of benzene rings is 2. The highest BCUT2D eigenvalue weighted by atomic mass is 32.2. The quantitative estimate of drug-likeness (QED) is 0.532. The normalized spacial score (nSPS) is 10.9. The smallest absolute Gasteiger partial charge is 0.243 e. The van der Waals surface area contributed by atoms with Crippen molar-refractivity contribution in [1.82, 2.24) is 5.32 Å². The molecular weight excluding hydrogens is 402 g/mol. The second-order valence-corrected chi connectivity index (χ2v) is 9.01. The Balaban J connectivity index is 1.91. The minimum Gasteiger partial charge on any atom is -0.376 e. The first-order chi connectivity index (χ1) is 14.1. The van der Waals surface area contributed by atoms with Crippen molar-refractivity contribution in [1.29, 1.82) is 0 Å². The molecule has 3 N–H and O–H groups in total. The number of rotatable bonds is 9. The maximum atomic E-state index is 12.2. The minimum atomic E-state index is -3.46. The van der Waals surface area contributed by atoms with Crippen molar-refractivity contribution in [3.8, 4) is 0 Å². The highest BCUT2D eigenvalue weighted by Crippen LogP contribution is 2.21. The first kappa shape index (κ1) is 23.2. The highest BCUT2D eigenvalue weighted by Gasteiger charge is 2.14. The zero-order valence-corrected chi connectivity index (χ0v) is 18.2. The lowest BCUT2D eigenvalue weighted by Gasteiger charge is -2.13. The average molecular weight is 430 g/mol. The summed E-state index contributed by atoms with van der Waals surface area (Å²) in [6.45, 7) is 8.88. The van der Waals surface area contributed by atoms with Crippen LogP contribution in [0.5, 0.6) is 0 Å². The molecule has 30 heavy (non-hydrogen) atoms. The molecule has 2 rings (SSSR count). The topological polar surface area (TPSA) is 104 Å². The van der Waals surface area contributed by atoms with Crippen molar-refractivity contribution in [3.63, 3.8) is 0 Å². The predicted octanol–water partition coefficient (Wildman–Crippen LogP) is 2.74. The number of amides is 2. The summed E-state index contributed by atoms with van der Waals surface area (Å²) in [7, 11) is -3.46. The largest absolute Gasteiger partial charge is 0.376 e. The second-order valence-electron chi connectivity index (χ2n) is 6.97. The van der Waals surface area contributed by atoms with Crippen molar-refractivity contribution in [2.75, 3.05) is 29.5 Å². The van der Waals surface area contributed by atoms with E-state index in [0.717, 1.165) is 16.7 Å². The fourth-order valence-electron chi connectivity index (χ4n) is 2.73. The molecule has 2 aromatic rings. The van der Waals surface area contributed by atoms with Crippen LogP contribution in [-0.4, -0.2) is 39.1 Å². The molecule has 0 radical (unpaired) electrons. The van der Waals surface area contributed by atoms with Gasteiger partial charge in [-0.3, -0.25) is 9.59 Å². The summed E-state index contributed by atoms with van der Waals surface area (Å²) in [5.41, 5.74) is 4.08. The van der Waals surface area contributed by atoms with Crippen LogP contribution < -0.4 is 16.0 Å². The maximum Gasteiger partial charge on any atom is 0.243 e. The van der Waals surface area contributed by atoms with Crippen molar-refractivity contribution in [3.05, 3.63) is 65.7 Å². The van der Waals surface area contributed by atoms with Gasteiger partial charge in [0.15, 0.2) is 9.84 Å². The van der Waals surface area contributed by atoms with E-state index in [4.69, 9.17) is 0 Å². The van der Waals surface area contributed by atoms with Crippen molar-refractivity contribution in [2.45, 2.75) is 25.7 Å². The molecule has 0 aliphatic heterocycles. The number of hydrogen-bond donors (Lipinski definition) is 3. The maximum absolute atomic E-state index is 12.2. The molecule has 160 valence electrons. The van der Waals surface area contributed by atoms with Crippen LogP contribution in [0.15, 0.2) is 53.9 Å². The molecule has 2 aromatic carbocycles. The van der Waals surface area contributed by atoms with Gasteiger partial charge in [-0.25, -0.2) is 8.42 Å². The molecule has 0 aromatic heterocycles. The molecule has 0 spiro atoms. The Bertz CT molecular complexity index is 1060. The molecule has 0 saturated carbocycles. The van der Waals surface area contributed by atoms with Crippen LogP contribution in [-0.2, 0) is 19.4 Å². The van der Waals surface area contributed by atoms with Gasteiger partial charge in [-0.2, -0.15) is 0 Å². The molecule has 0 saturated heterocycles. The van der Waals surface area contributed by atoms with E-state index in [1.54, 1.807) is 12.1 Å². The molecule has 0 unspecified atom stereocenters. The summed E-state index contributed by atoms with van der Waals surface area (Å²) < 4.78 is 24.4. The van der Waals surface area contributed by atoms with E-state index in [0.29, 0.717) is 11.4 Å². The minimum absolute atomic E-state index is 0.0947. The molecule has 0 bridgehead atoms. The second kappa shape index (κ2) is 10.1. The Kier molecular flexibility index (Phi) is 7.77. The van der Waals surface area contributed by atoms with Crippen LogP contribution in [0.2, 0.25) is 0 Å². The van der Waals surface area contributed by atoms with Gasteiger partial charge in [-0.15, -0.1) is 6.58 Å². The van der Waals surface area contributed by atoms with Crippen LogP contribution in [0, 0.1) is 20.8 Å². The van der Waals surface area contributed by atoms with E-state index in [9.17, 15) is 18.0 Å². The van der Waals surface area contributed by atoms with E-state index in [1.165, 1.54) is 18.2 Å². The third-order valence-electron chi connectivity index (χ3n) is 4.67. The zero-order chi connectivity index (χ0) is 22.3. The Morgan fingerprint density at radius 2 is 1.70 bits per heavy atom. The summed E-state index contributed by atoms with van der Waals surface area (Å²) in [6, 6.07) is 10.3. The van der Waals surface area contributed by atoms with Crippen LogP contribution in [0.3, 0.4) is 0 Å². The van der Waals surface area contributed by atoms with Crippen LogP contribution in [0.25, 0.3) is 0 Å². The molecule has 8 heteroatoms. The van der Waals surface area contributed by atoms with E-state index >= 15 is 0 Å². The van der Waals surface area contributed by atoms with E-state index in [2.05, 4.69) is 22.5 Å². The Morgan fingerprint density at radius 1 is 0.967 bits per heavy atom. The fourth-order valence-corrected chi connectivity index (χ4v) is 3.81. The lowest BCUT2D eigenvalue weighted by atomic mass is 10.1. The number of carbonyl (C=O) groups excluding carboxylic acids is 2. The summed E-state index contributed by atoms with van der Waals surface area (Å²) in [5.74, 6) is -0.874. The van der Waals surface area contributed by atoms with Gasteiger partial charge in [0.05, 0.1) is 23.7 Å². The fraction of sp³-hybridized carbons (Fsp3) is 0.273. The predicted molar refractivity (Wildman–Crippen MR) is 119 cm³/mol. The van der Waals surface area contributed by atoms with E-state index < -0.39 is 9.84 Å². The van der Waals surface area contributed by atoms with Gasteiger partial charge in [-0.1, -0.05) is 24.3 Å². The Morgan fingerprint density at radius 3 is 2.40 bits per heavy atom. The molecular formula is C22H27N3O4S. The number of anilines is 2. The summed E-state index contributed by atoms with van der Waals surface area (Å²) in [5, 5.41) is 8.25. The third-order valence-corrected chi connectivity index (χ3v) is 6.32. The van der Waals surface area contributed by atoms with Crippen molar-refractivity contribution >= 4 is 33.0 Å². The summed E-state index contributed by atoms with van der Waals surface area (Å²) in [4.78, 5) is 24.4. The molecule has 0 heterocycles. The average Bonchev–Trinajstić information content (AvgIpc) is 2.69. The van der Waals surface area contributed by atoms with Crippen molar-refractivity contribution < 1.29 is 18.0 Å². The highest BCUT2D eigenvalue weighted by molar-refractivity contribution is 7.91. The van der Waals surface area contributed by atoms with Crippen molar-refractivity contribution in [2.24, 2.45) is 0 Å². The third kappa shape index (κ3) is 6.18. The number of carbonyl (C=O) groups is 2. The van der Waals surface area contributed by atoms with Crippen LogP contribution >= 0.6 is 0 Å². The Hall–Kier alpha value is -3.13. The first-order valence-corrected chi connectivity index (χ1v) is 11.1. The molecule has 0 aliphatic rings. The van der Waals surface area contributed by atoms with Gasteiger partial charge >= 0.3 is 0 Å².